The molecule has 0 aliphatic carbocycles. The Kier molecular flexibility index (Phi) is 6.95. The average molecular weight is 486 g/mol. The number of anilines is 2. The van der Waals surface area contributed by atoms with Crippen LogP contribution in [0.3, 0.4) is 0 Å². The molecular weight excluding hydrogens is 453 g/mol. The van der Waals surface area contributed by atoms with E-state index in [9.17, 15) is 18.3 Å². The van der Waals surface area contributed by atoms with Crippen molar-refractivity contribution in [2.45, 2.75) is 17.4 Å². The number of hydrogen-bond donors (Lipinski definition) is 3. The molecule has 1 heterocycles. The Bertz CT molecular complexity index is 1170. The molecule has 3 N–H and O–H groups in total. The van der Waals surface area contributed by atoms with Crippen LogP contribution in [-0.4, -0.2) is 59.4 Å². The zero-order valence-electron chi connectivity index (χ0n) is 19.5. The molecule has 1 saturated heterocycles. The Labute approximate surface area is 202 Å². The second kappa shape index (κ2) is 9.76. The summed E-state index contributed by atoms with van der Waals surface area (Å²) in [5.41, 5.74) is 3.22. The largest absolute Gasteiger partial charge is 0.368 e. The van der Waals surface area contributed by atoms with Crippen molar-refractivity contribution in [3.05, 3.63) is 78.1 Å². The van der Waals surface area contributed by atoms with Crippen LogP contribution in [0.1, 0.15) is 18.2 Å². The van der Waals surface area contributed by atoms with Gasteiger partial charge in [0.05, 0.1) is 10.6 Å². The summed E-state index contributed by atoms with van der Waals surface area (Å²) in [6.07, 6.45) is 2.38. The highest BCUT2D eigenvalue weighted by molar-refractivity contribution is 8.23. The van der Waals surface area contributed by atoms with Crippen molar-refractivity contribution >= 4 is 27.9 Å². The van der Waals surface area contributed by atoms with Crippen LogP contribution < -0.4 is 10.2 Å². The topological polar surface area (TPSA) is 76.0 Å². The first kappa shape index (κ1) is 24.2. The van der Waals surface area contributed by atoms with Crippen molar-refractivity contribution in [3.8, 4) is 11.1 Å². The lowest BCUT2D eigenvalue weighted by molar-refractivity contribution is 0.102. The van der Waals surface area contributed by atoms with Gasteiger partial charge in [-0.2, -0.15) is 10.6 Å². The Morgan fingerprint density at radius 2 is 1.68 bits per heavy atom. The third-order valence-electron chi connectivity index (χ3n) is 6.22. The number of rotatable bonds is 6. The summed E-state index contributed by atoms with van der Waals surface area (Å²) in [6.45, 7) is 1.59. The Morgan fingerprint density at radius 3 is 2.21 bits per heavy atom. The standard InChI is InChI=1S/C26H30FN3O3S.H2/c1-29(2)22-14-15-30(17-22)25-13-10-21(16-24(25)27)28-26(31)20-6-4-18(5-7-20)19-8-11-23(12-9-19)34(3,32)33;/h4-13,16,22,32-33H,14-15,17H2,1-3H3,(H,28,31);1H. The SMILES string of the molecule is CN(C)C1CCN(c2ccc(NC(=O)c3ccc(-c4ccc(S(C)(O)O)cc4)cc3)cc2F)C1.[HH]. The number of carbonyl (C=O) groups is 1. The first-order valence-corrected chi connectivity index (χ1v) is 13.0. The van der Waals surface area contributed by atoms with Gasteiger partial charge in [-0.15, -0.1) is 0 Å². The van der Waals surface area contributed by atoms with E-state index >= 15 is 0 Å². The van der Waals surface area contributed by atoms with Gasteiger partial charge in [0.2, 0.25) is 0 Å². The van der Waals surface area contributed by atoms with Gasteiger partial charge in [0.25, 0.3) is 5.91 Å². The predicted octanol–water partition coefficient (Wildman–Crippen LogP) is 5.87. The molecule has 34 heavy (non-hydrogen) atoms. The van der Waals surface area contributed by atoms with Crippen LogP contribution in [0.25, 0.3) is 11.1 Å². The molecule has 1 aliphatic rings. The quantitative estimate of drug-likeness (QED) is 0.407. The maximum absolute atomic E-state index is 14.8. The summed E-state index contributed by atoms with van der Waals surface area (Å²) < 4.78 is 34.3. The van der Waals surface area contributed by atoms with Gasteiger partial charge in [0, 0.05) is 38.1 Å². The molecule has 182 valence electrons. The van der Waals surface area contributed by atoms with Gasteiger partial charge in [0.15, 0.2) is 0 Å². The molecule has 3 aromatic carbocycles. The number of amides is 1. The van der Waals surface area contributed by atoms with Crippen molar-refractivity contribution in [1.82, 2.24) is 4.90 Å². The van der Waals surface area contributed by atoms with Crippen LogP contribution in [0.2, 0.25) is 0 Å². The summed E-state index contributed by atoms with van der Waals surface area (Å²) in [5.74, 6) is -0.664. The molecule has 1 atom stereocenters. The molecular formula is C26H32FN3O3S. The Balaban J connectivity index is 0.00000342. The number of nitrogens with one attached hydrogen (secondary N) is 1. The third-order valence-corrected chi connectivity index (χ3v) is 7.39. The van der Waals surface area contributed by atoms with Crippen molar-refractivity contribution in [2.24, 2.45) is 0 Å². The van der Waals surface area contributed by atoms with Crippen LogP contribution >= 0.6 is 10.6 Å². The predicted molar refractivity (Wildman–Crippen MR) is 140 cm³/mol. The minimum atomic E-state index is -2.75. The molecule has 8 heteroatoms. The summed E-state index contributed by atoms with van der Waals surface area (Å²) >= 11 is 0. The fourth-order valence-corrected chi connectivity index (χ4v) is 4.80. The van der Waals surface area contributed by atoms with E-state index in [4.69, 9.17) is 0 Å². The van der Waals surface area contributed by atoms with Crippen LogP contribution in [0.5, 0.6) is 0 Å². The minimum absolute atomic E-state index is 0. The number of hydrogen-bond acceptors (Lipinski definition) is 5. The van der Waals surface area contributed by atoms with E-state index < -0.39 is 10.6 Å². The summed E-state index contributed by atoms with van der Waals surface area (Å²) in [4.78, 5) is 17.4. The number of benzene rings is 3. The lowest BCUT2D eigenvalue weighted by Crippen LogP contribution is -2.31. The van der Waals surface area contributed by atoms with Crippen molar-refractivity contribution in [1.29, 1.82) is 0 Å². The molecule has 1 fully saturated rings. The smallest absolute Gasteiger partial charge is 0.255 e. The zero-order chi connectivity index (χ0) is 24.5. The average Bonchev–Trinajstić information content (AvgIpc) is 3.29. The van der Waals surface area contributed by atoms with E-state index in [0.29, 0.717) is 27.9 Å². The number of carbonyl (C=O) groups excluding carboxylic acids is 1. The first-order chi connectivity index (χ1) is 16.1. The number of nitrogens with zero attached hydrogens (tertiary/aromatic N) is 2. The summed E-state index contributed by atoms with van der Waals surface area (Å²) in [5, 5.41) is 2.77. The van der Waals surface area contributed by atoms with Gasteiger partial charge >= 0.3 is 0 Å². The van der Waals surface area contributed by atoms with Crippen molar-refractivity contribution < 1.29 is 19.7 Å². The van der Waals surface area contributed by atoms with Gasteiger partial charge in [-0.3, -0.25) is 13.9 Å². The summed E-state index contributed by atoms with van der Waals surface area (Å²) in [7, 11) is 1.32. The maximum atomic E-state index is 14.8. The molecule has 1 unspecified atom stereocenters. The van der Waals surface area contributed by atoms with Crippen LogP contribution in [0, 0.1) is 5.82 Å². The Morgan fingerprint density at radius 1 is 1.06 bits per heavy atom. The fourth-order valence-electron chi connectivity index (χ4n) is 4.15. The molecule has 6 nitrogen and oxygen atoms in total. The molecule has 0 radical (unpaired) electrons. The highest BCUT2D eigenvalue weighted by atomic mass is 32.3. The fraction of sp³-hybridized carbons (Fsp3) is 0.269. The molecule has 0 bridgehead atoms. The van der Waals surface area contributed by atoms with E-state index in [1.54, 1.807) is 36.4 Å². The lowest BCUT2D eigenvalue weighted by atomic mass is 10.0. The van der Waals surface area contributed by atoms with Crippen molar-refractivity contribution in [2.75, 3.05) is 43.7 Å². The second-order valence-corrected chi connectivity index (χ2v) is 11.0. The monoisotopic (exact) mass is 485 g/mol. The van der Waals surface area contributed by atoms with Crippen LogP contribution in [0.4, 0.5) is 15.8 Å². The molecule has 1 amide bonds. The van der Waals surface area contributed by atoms with Gasteiger partial charge in [-0.25, -0.2) is 4.39 Å². The van der Waals surface area contributed by atoms with E-state index in [0.717, 1.165) is 30.6 Å². The third kappa shape index (κ3) is 5.42. The zero-order valence-corrected chi connectivity index (χ0v) is 20.3. The lowest BCUT2D eigenvalue weighted by Gasteiger charge is -2.26. The van der Waals surface area contributed by atoms with E-state index in [-0.39, 0.29) is 13.2 Å². The first-order valence-electron chi connectivity index (χ1n) is 11.1. The molecule has 3 aromatic rings. The number of likely N-dealkylation sites (N-methyl/N-ethyl adjacent to an activating group) is 1. The van der Waals surface area contributed by atoms with E-state index in [1.807, 2.05) is 43.3 Å². The number of halogens is 1. The normalized spacial score (nSPS) is 16.7. The van der Waals surface area contributed by atoms with Gasteiger partial charge < -0.3 is 15.1 Å². The second-order valence-electron chi connectivity index (χ2n) is 8.91. The molecule has 0 saturated carbocycles. The highest BCUT2D eigenvalue weighted by Crippen LogP contribution is 2.44. The minimum Gasteiger partial charge on any atom is -0.368 e. The molecule has 0 aromatic heterocycles. The highest BCUT2D eigenvalue weighted by Gasteiger charge is 2.26. The van der Waals surface area contributed by atoms with Gasteiger partial charge in [0.1, 0.15) is 5.82 Å². The van der Waals surface area contributed by atoms with Crippen LogP contribution in [0.15, 0.2) is 71.6 Å². The maximum Gasteiger partial charge on any atom is 0.255 e. The van der Waals surface area contributed by atoms with Crippen molar-refractivity contribution in [3.63, 3.8) is 0 Å². The van der Waals surface area contributed by atoms with Gasteiger partial charge in [-0.1, -0.05) is 24.3 Å². The summed E-state index contributed by atoms with van der Waals surface area (Å²) in [6, 6.07) is 19.3. The van der Waals surface area contributed by atoms with E-state index in [2.05, 4.69) is 10.2 Å². The van der Waals surface area contributed by atoms with Crippen LogP contribution in [-0.2, 0) is 0 Å². The van der Waals surface area contributed by atoms with Gasteiger partial charge in [-0.05, 0) is 74.1 Å². The Hall–Kier alpha value is -2.91. The molecule has 0 spiro atoms. The van der Waals surface area contributed by atoms with E-state index in [1.165, 1.54) is 12.3 Å². The molecule has 1 aliphatic heterocycles. The molecule has 4 rings (SSSR count).